The molecule has 0 aromatic heterocycles. The van der Waals surface area contributed by atoms with Crippen molar-refractivity contribution in [2.24, 2.45) is 5.92 Å². The van der Waals surface area contributed by atoms with Crippen LogP contribution in [0.3, 0.4) is 0 Å². The lowest BCUT2D eigenvalue weighted by molar-refractivity contribution is -0.159. The number of hydrogen-bond acceptors (Lipinski definition) is 6. The quantitative estimate of drug-likeness (QED) is 0.142. The van der Waals surface area contributed by atoms with E-state index >= 15 is 0 Å². The summed E-state index contributed by atoms with van der Waals surface area (Å²) in [5.41, 5.74) is 0.927. The topological polar surface area (TPSA) is 114 Å². The van der Waals surface area contributed by atoms with Crippen LogP contribution in [0.5, 0.6) is 0 Å². The molecule has 0 bridgehead atoms. The van der Waals surface area contributed by atoms with E-state index in [9.17, 15) is 19.2 Å². The average Bonchev–Trinajstić information content (AvgIpc) is 2.97. The molecule has 0 saturated carbocycles. The van der Waals surface area contributed by atoms with E-state index in [2.05, 4.69) is 17.6 Å². The van der Waals surface area contributed by atoms with Crippen LogP contribution in [0.1, 0.15) is 117 Å². The standard InChI is InChI=1S/C39H59N3O6/c1-11-12-13-17-24-42(35(44)31(25-27(2)3)41-37(46)48-39(8,9)10)33(30-22-20-28(4)21-23-30)34(43)40-32(36(45)47-38(5,6)7)26-29-18-15-14-16-19-29/h14-16,18-23,27,31-33H,11-13,17,24-26H2,1-10H3,(H,40,43)(H,41,46). The second kappa shape index (κ2) is 18.6. The van der Waals surface area contributed by atoms with Crippen LogP contribution in [0.4, 0.5) is 4.79 Å². The van der Waals surface area contributed by atoms with Crippen LogP contribution in [0.25, 0.3) is 0 Å². The Labute approximate surface area is 288 Å². The predicted molar refractivity (Wildman–Crippen MR) is 190 cm³/mol. The largest absolute Gasteiger partial charge is 0.458 e. The highest BCUT2D eigenvalue weighted by atomic mass is 16.6. The zero-order chi connectivity index (χ0) is 36.1. The number of nitrogens with zero attached hydrogens (tertiary/aromatic N) is 1. The van der Waals surface area contributed by atoms with Crippen molar-refractivity contribution in [3.8, 4) is 0 Å². The first-order valence-electron chi connectivity index (χ1n) is 17.3. The number of hydrogen-bond donors (Lipinski definition) is 2. The highest BCUT2D eigenvalue weighted by molar-refractivity contribution is 5.94. The second-order valence-electron chi connectivity index (χ2n) is 15.0. The fourth-order valence-electron chi connectivity index (χ4n) is 5.31. The molecule has 0 fully saturated rings. The third-order valence-corrected chi connectivity index (χ3v) is 7.48. The number of aryl methyl sites for hydroxylation is 1. The lowest BCUT2D eigenvalue weighted by Crippen LogP contribution is -2.55. The van der Waals surface area contributed by atoms with Crippen LogP contribution in [0, 0.1) is 12.8 Å². The van der Waals surface area contributed by atoms with E-state index in [0.717, 1.165) is 30.4 Å². The van der Waals surface area contributed by atoms with Crippen molar-refractivity contribution in [3.05, 3.63) is 71.3 Å². The molecule has 3 amide bonds. The summed E-state index contributed by atoms with van der Waals surface area (Å²) in [6, 6.07) is 13.9. The van der Waals surface area contributed by atoms with Crippen molar-refractivity contribution < 1.29 is 28.7 Å². The van der Waals surface area contributed by atoms with Gasteiger partial charge < -0.3 is 25.0 Å². The Morgan fingerprint density at radius 2 is 1.38 bits per heavy atom. The van der Waals surface area contributed by atoms with Gasteiger partial charge in [0.15, 0.2) is 0 Å². The molecule has 2 aromatic rings. The molecule has 2 rings (SSSR count). The number of esters is 1. The highest BCUT2D eigenvalue weighted by Crippen LogP contribution is 2.26. The summed E-state index contributed by atoms with van der Waals surface area (Å²) < 4.78 is 11.3. The van der Waals surface area contributed by atoms with Crippen LogP contribution in [0.15, 0.2) is 54.6 Å². The lowest BCUT2D eigenvalue weighted by atomic mass is 9.97. The average molecular weight is 666 g/mol. The van der Waals surface area contributed by atoms with Gasteiger partial charge in [-0.3, -0.25) is 9.59 Å². The maximum absolute atomic E-state index is 14.6. The molecule has 0 saturated heterocycles. The molecule has 266 valence electrons. The summed E-state index contributed by atoms with van der Waals surface area (Å²) in [7, 11) is 0. The van der Waals surface area contributed by atoms with E-state index in [1.54, 1.807) is 46.4 Å². The molecule has 9 heteroatoms. The lowest BCUT2D eigenvalue weighted by Gasteiger charge is -2.36. The SMILES string of the molecule is CCCCCCN(C(=O)C(CC(C)C)NC(=O)OC(C)(C)C)C(C(=O)NC(Cc1ccccc1)C(=O)OC(C)(C)C)c1ccc(C)cc1. The zero-order valence-electron chi connectivity index (χ0n) is 30.9. The number of benzene rings is 2. The van der Waals surface area contributed by atoms with Gasteiger partial charge in [0.2, 0.25) is 11.8 Å². The maximum atomic E-state index is 14.6. The fraction of sp³-hybridized carbons (Fsp3) is 0.590. The summed E-state index contributed by atoms with van der Waals surface area (Å²) in [6.45, 7) is 18.9. The maximum Gasteiger partial charge on any atom is 0.408 e. The molecule has 0 radical (unpaired) electrons. The minimum atomic E-state index is -1.07. The molecule has 2 aromatic carbocycles. The van der Waals surface area contributed by atoms with E-state index in [1.165, 1.54) is 0 Å². The van der Waals surface area contributed by atoms with Crippen LogP contribution >= 0.6 is 0 Å². The Hall–Kier alpha value is -3.88. The zero-order valence-corrected chi connectivity index (χ0v) is 30.9. The first-order chi connectivity index (χ1) is 22.4. The molecular formula is C39H59N3O6. The van der Waals surface area contributed by atoms with Gasteiger partial charge in [-0.05, 0) is 78.4 Å². The van der Waals surface area contributed by atoms with E-state index in [-0.39, 0.29) is 24.8 Å². The first kappa shape index (κ1) is 40.3. The molecule has 0 spiro atoms. The monoisotopic (exact) mass is 665 g/mol. The van der Waals surface area contributed by atoms with Gasteiger partial charge in [-0.25, -0.2) is 9.59 Å². The van der Waals surface area contributed by atoms with Crippen molar-refractivity contribution in [1.82, 2.24) is 15.5 Å². The van der Waals surface area contributed by atoms with Gasteiger partial charge in [0.1, 0.15) is 29.3 Å². The molecule has 0 heterocycles. The predicted octanol–water partition coefficient (Wildman–Crippen LogP) is 7.45. The number of nitrogens with one attached hydrogen (secondary N) is 2. The van der Waals surface area contributed by atoms with E-state index in [4.69, 9.17) is 9.47 Å². The molecule has 0 aliphatic carbocycles. The van der Waals surface area contributed by atoms with Gasteiger partial charge in [0.05, 0.1) is 0 Å². The Balaban J connectivity index is 2.62. The van der Waals surface area contributed by atoms with Gasteiger partial charge in [0, 0.05) is 13.0 Å². The first-order valence-corrected chi connectivity index (χ1v) is 17.3. The molecule has 0 aliphatic heterocycles. The number of carbonyl (C=O) groups excluding carboxylic acids is 4. The van der Waals surface area contributed by atoms with Gasteiger partial charge in [-0.2, -0.15) is 0 Å². The van der Waals surface area contributed by atoms with Crippen molar-refractivity contribution in [2.75, 3.05) is 6.54 Å². The summed E-state index contributed by atoms with van der Waals surface area (Å²) >= 11 is 0. The summed E-state index contributed by atoms with van der Waals surface area (Å²) in [5.74, 6) is -1.39. The molecule has 0 aliphatic rings. The van der Waals surface area contributed by atoms with Gasteiger partial charge in [-0.15, -0.1) is 0 Å². The summed E-state index contributed by atoms with van der Waals surface area (Å²) in [4.78, 5) is 57.2. The third-order valence-electron chi connectivity index (χ3n) is 7.48. The third kappa shape index (κ3) is 14.5. The Bertz CT molecular complexity index is 1310. The second-order valence-corrected chi connectivity index (χ2v) is 15.0. The van der Waals surface area contributed by atoms with Gasteiger partial charge in [0.25, 0.3) is 0 Å². The number of rotatable bonds is 16. The van der Waals surface area contributed by atoms with Crippen molar-refractivity contribution in [1.29, 1.82) is 0 Å². The van der Waals surface area contributed by atoms with Crippen molar-refractivity contribution in [3.63, 3.8) is 0 Å². The molecule has 48 heavy (non-hydrogen) atoms. The molecular weight excluding hydrogens is 606 g/mol. The number of ether oxygens (including phenoxy) is 2. The van der Waals surface area contributed by atoms with Crippen LogP contribution in [0.2, 0.25) is 0 Å². The smallest absolute Gasteiger partial charge is 0.408 e. The van der Waals surface area contributed by atoms with E-state index < -0.39 is 47.3 Å². The number of amides is 3. The van der Waals surface area contributed by atoms with E-state index in [0.29, 0.717) is 18.4 Å². The van der Waals surface area contributed by atoms with Crippen LogP contribution in [-0.2, 0) is 30.3 Å². The Kier molecular flexibility index (Phi) is 15.6. The normalized spacial score (nSPS) is 13.6. The van der Waals surface area contributed by atoms with Gasteiger partial charge >= 0.3 is 12.1 Å². The number of alkyl carbamates (subject to hydrolysis) is 1. The molecule has 3 unspecified atom stereocenters. The number of carbonyl (C=O) groups is 4. The fourth-order valence-corrected chi connectivity index (χ4v) is 5.31. The molecule has 2 N–H and O–H groups in total. The van der Waals surface area contributed by atoms with Crippen molar-refractivity contribution >= 4 is 23.9 Å². The minimum absolute atomic E-state index is 0.0601. The number of unbranched alkanes of at least 4 members (excludes halogenated alkanes) is 3. The summed E-state index contributed by atoms with van der Waals surface area (Å²) in [5, 5.41) is 5.77. The minimum Gasteiger partial charge on any atom is -0.458 e. The van der Waals surface area contributed by atoms with E-state index in [1.807, 2.05) is 75.4 Å². The van der Waals surface area contributed by atoms with Crippen LogP contribution < -0.4 is 10.6 Å². The highest BCUT2D eigenvalue weighted by Gasteiger charge is 2.38. The summed E-state index contributed by atoms with van der Waals surface area (Å²) in [6.07, 6.45) is 3.37. The van der Waals surface area contributed by atoms with Crippen molar-refractivity contribution in [2.45, 2.75) is 137 Å². The Morgan fingerprint density at radius 1 is 0.771 bits per heavy atom. The molecule has 9 nitrogen and oxygen atoms in total. The van der Waals surface area contributed by atoms with Gasteiger partial charge in [-0.1, -0.05) is 100 Å². The Morgan fingerprint density at radius 3 is 1.92 bits per heavy atom. The van der Waals surface area contributed by atoms with Crippen LogP contribution in [-0.4, -0.2) is 58.6 Å². The molecule has 3 atom stereocenters.